The van der Waals surface area contributed by atoms with Crippen molar-refractivity contribution < 1.29 is 0 Å². The van der Waals surface area contributed by atoms with E-state index in [1.165, 1.54) is 77.0 Å². The van der Waals surface area contributed by atoms with Crippen molar-refractivity contribution in [2.24, 2.45) is 10.2 Å². The lowest BCUT2D eigenvalue weighted by atomic mass is 9.79. The molecule has 104 valence electrons. The Morgan fingerprint density at radius 2 is 0.944 bits per heavy atom. The third-order valence-corrected chi connectivity index (χ3v) is 5.36. The van der Waals surface area contributed by atoms with Gasteiger partial charge in [0.1, 0.15) is 0 Å². The minimum atomic E-state index is 0.206. The quantitative estimate of drug-likeness (QED) is 0.575. The van der Waals surface area contributed by atoms with Crippen LogP contribution in [0.3, 0.4) is 0 Å². The van der Waals surface area contributed by atoms with E-state index < -0.39 is 0 Å². The Bertz CT molecular complexity index is 243. The van der Waals surface area contributed by atoms with Gasteiger partial charge in [-0.3, -0.25) is 0 Å². The monoisotopic (exact) mass is 250 g/mol. The molecule has 0 saturated heterocycles. The third-order valence-electron chi connectivity index (χ3n) is 5.36. The first-order chi connectivity index (χ1) is 8.74. The van der Waals surface area contributed by atoms with Crippen molar-refractivity contribution in [1.82, 2.24) is 0 Å². The summed E-state index contributed by atoms with van der Waals surface area (Å²) in [6.07, 6.45) is 15.6. The van der Waals surface area contributed by atoms with E-state index in [-0.39, 0.29) is 11.1 Å². The predicted molar refractivity (Wildman–Crippen MR) is 77.1 cm³/mol. The van der Waals surface area contributed by atoms with Gasteiger partial charge in [-0.25, -0.2) is 0 Å². The normalized spacial score (nSPS) is 27.4. The molecule has 2 saturated carbocycles. The van der Waals surface area contributed by atoms with Gasteiger partial charge in [0.25, 0.3) is 0 Å². The highest BCUT2D eigenvalue weighted by Crippen LogP contribution is 2.39. The van der Waals surface area contributed by atoms with E-state index in [0.717, 1.165) is 0 Å². The van der Waals surface area contributed by atoms with Crippen molar-refractivity contribution in [2.75, 3.05) is 0 Å². The Balaban J connectivity index is 2.06. The molecule has 0 bridgehead atoms. The van der Waals surface area contributed by atoms with Crippen LogP contribution in [0.15, 0.2) is 10.2 Å². The Hall–Kier alpha value is -0.400. The SMILES string of the molecule is CCC1(N=NC2(CC)CCCCC2)CCCCC1. The van der Waals surface area contributed by atoms with Gasteiger partial charge in [-0.15, -0.1) is 0 Å². The van der Waals surface area contributed by atoms with E-state index in [1.807, 2.05) is 0 Å². The maximum Gasteiger partial charge on any atom is 0.0813 e. The lowest BCUT2D eigenvalue weighted by Crippen LogP contribution is -2.32. The molecule has 0 spiro atoms. The number of hydrogen-bond donors (Lipinski definition) is 0. The summed E-state index contributed by atoms with van der Waals surface area (Å²) >= 11 is 0. The fraction of sp³-hybridized carbons (Fsp3) is 1.00. The molecule has 0 amide bonds. The second kappa shape index (κ2) is 6.16. The van der Waals surface area contributed by atoms with Gasteiger partial charge in [0.2, 0.25) is 0 Å². The number of rotatable bonds is 4. The molecule has 0 aliphatic heterocycles. The first kappa shape index (κ1) is 14.0. The fourth-order valence-electron chi connectivity index (χ4n) is 3.68. The molecule has 0 radical (unpaired) electrons. The molecule has 2 aliphatic rings. The Morgan fingerprint density at radius 1 is 0.611 bits per heavy atom. The van der Waals surface area contributed by atoms with Gasteiger partial charge in [-0.1, -0.05) is 52.4 Å². The summed E-state index contributed by atoms with van der Waals surface area (Å²) in [5.74, 6) is 0. The molecule has 2 aliphatic carbocycles. The van der Waals surface area contributed by atoms with Crippen LogP contribution in [-0.2, 0) is 0 Å². The van der Waals surface area contributed by atoms with Crippen molar-refractivity contribution in [3.63, 3.8) is 0 Å². The average Bonchev–Trinajstić information content (AvgIpc) is 2.47. The molecule has 2 fully saturated rings. The first-order valence-corrected chi connectivity index (χ1v) is 8.18. The van der Waals surface area contributed by atoms with E-state index >= 15 is 0 Å². The molecule has 0 unspecified atom stereocenters. The van der Waals surface area contributed by atoms with Crippen LogP contribution in [-0.4, -0.2) is 11.1 Å². The second-order valence-electron chi connectivity index (χ2n) is 6.48. The van der Waals surface area contributed by atoms with Crippen LogP contribution >= 0.6 is 0 Å². The van der Waals surface area contributed by atoms with Crippen molar-refractivity contribution in [3.05, 3.63) is 0 Å². The van der Waals surface area contributed by atoms with Crippen molar-refractivity contribution in [3.8, 4) is 0 Å². The highest BCUT2D eigenvalue weighted by Gasteiger charge is 2.34. The minimum absolute atomic E-state index is 0.206. The zero-order chi connectivity index (χ0) is 12.9. The second-order valence-corrected chi connectivity index (χ2v) is 6.48. The molecule has 18 heavy (non-hydrogen) atoms. The molecular formula is C16H30N2. The van der Waals surface area contributed by atoms with Crippen molar-refractivity contribution in [1.29, 1.82) is 0 Å². The van der Waals surface area contributed by atoms with Gasteiger partial charge in [-0.05, 0) is 38.5 Å². The summed E-state index contributed by atoms with van der Waals surface area (Å²) in [5, 5.41) is 9.85. The van der Waals surface area contributed by atoms with Crippen molar-refractivity contribution >= 4 is 0 Å². The molecule has 0 aromatic heterocycles. The number of azo groups is 1. The largest absolute Gasteiger partial charge is 0.187 e. The lowest BCUT2D eigenvalue weighted by molar-refractivity contribution is 0.231. The van der Waals surface area contributed by atoms with Crippen LogP contribution in [0.5, 0.6) is 0 Å². The standard InChI is InChI=1S/C16H30N2/c1-3-15(11-7-5-8-12-15)17-18-16(4-2)13-9-6-10-14-16/h3-14H2,1-2H3. The summed E-state index contributed by atoms with van der Waals surface area (Å²) in [5.41, 5.74) is 0.412. The highest BCUT2D eigenvalue weighted by molar-refractivity contribution is 4.93. The third kappa shape index (κ3) is 3.13. The van der Waals surface area contributed by atoms with Gasteiger partial charge in [0.05, 0.1) is 11.1 Å². The molecule has 2 rings (SSSR count). The Kier molecular flexibility index (Phi) is 4.80. The van der Waals surface area contributed by atoms with Gasteiger partial charge >= 0.3 is 0 Å². The first-order valence-electron chi connectivity index (χ1n) is 8.18. The van der Waals surface area contributed by atoms with E-state index in [4.69, 9.17) is 10.2 Å². The van der Waals surface area contributed by atoms with Gasteiger partial charge in [0, 0.05) is 0 Å². The van der Waals surface area contributed by atoms with Crippen LogP contribution in [0.25, 0.3) is 0 Å². The zero-order valence-corrected chi connectivity index (χ0v) is 12.4. The van der Waals surface area contributed by atoms with Crippen LogP contribution in [0.4, 0.5) is 0 Å². The van der Waals surface area contributed by atoms with E-state index in [2.05, 4.69) is 13.8 Å². The van der Waals surface area contributed by atoms with Crippen LogP contribution in [0.1, 0.15) is 90.9 Å². The number of hydrogen-bond acceptors (Lipinski definition) is 2. The molecule has 0 heterocycles. The Labute approximate surface area is 113 Å². The van der Waals surface area contributed by atoms with E-state index in [1.54, 1.807) is 0 Å². The summed E-state index contributed by atoms with van der Waals surface area (Å²) in [7, 11) is 0. The molecule has 2 nitrogen and oxygen atoms in total. The average molecular weight is 250 g/mol. The minimum Gasteiger partial charge on any atom is -0.187 e. The van der Waals surface area contributed by atoms with Crippen molar-refractivity contribution in [2.45, 2.75) is 102 Å². The van der Waals surface area contributed by atoms with E-state index in [9.17, 15) is 0 Å². The lowest BCUT2D eigenvalue weighted by Gasteiger charge is -2.35. The van der Waals surface area contributed by atoms with Crippen LogP contribution in [0, 0.1) is 0 Å². The molecule has 0 aromatic rings. The topological polar surface area (TPSA) is 24.7 Å². The highest BCUT2D eigenvalue weighted by atomic mass is 15.2. The molecule has 0 N–H and O–H groups in total. The smallest absolute Gasteiger partial charge is 0.0813 e. The number of nitrogens with zero attached hydrogens (tertiary/aromatic N) is 2. The Morgan fingerprint density at radius 3 is 1.22 bits per heavy atom. The predicted octanol–water partition coefficient (Wildman–Crippen LogP) is 5.66. The summed E-state index contributed by atoms with van der Waals surface area (Å²) in [4.78, 5) is 0. The fourth-order valence-corrected chi connectivity index (χ4v) is 3.68. The summed E-state index contributed by atoms with van der Waals surface area (Å²) in [6, 6.07) is 0. The van der Waals surface area contributed by atoms with Crippen LogP contribution in [0.2, 0.25) is 0 Å². The van der Waals surface area contributed by atoms with Gasteiger partial charge < -0.3 is 0 Å². The summed E-state index contributed by atoms with van der Waals surface area (Å²) in [6.45, 7) is 4.59. The van der Waals surface area contributed by atoms with Crippen LogP contribution < -0.4 is 0 Å². The molecule has 0 atom stereocenters. The molecule has 2 heteroatoms. The van der Waals surface area contributed by atoms with Gasteiger partial charge in [-0.2, -0.15) is 10.2 Å². The molecule has 0 aromatic carbocycles. The van der Waals surface area contributed by atoms with E-state index in [0.29, 0.717) is 0 Å². The van der Waals surface area contributed by atoms with Gasteiger partial charge in [0.15, 0.2) is 0 Å². The zero-order valence-electron chi connectivity index (χ0n) is 12.4. The maximum atomic E-state index is 4.92. The summed E-state index contributed by atoms with van der Waals surface area (Å²) < 4.78 is 0. The maximum absolute atomic E-state index is 4.92. The molecular weight excluding hydrogens is 220 g/mol.